The minimum absolute atomic E-state index is 0.271. The number of imidazole rings is 1. The quantitative estimate of drug-likeness (QED) is 0.390. The highest BCUT2D eigenvalue weighted by Gasteiger charge is 2.19. The number of ether oxygens (including phenoxy) is 2. The lowest BCUT2D eigenvalue weighted by molar-refractivity contribution is 0.101. The van der Waals surface area contributed by atoms with Gasteiger partial charge in [-0.15, -0.1) is 0 Å². The molecular weight excluding hydrogens is 432 g/mol. The number of carbonyl (C=O) groups is 2. The molecule has 2 aromatic carbocycles. The maximum atomic E-state index is 13.0. The van der Waals surface area contributed by atoms with Gasteiger partial charge in [0.25, 0.3) is 11.8 Å². The maximum Gasteiger partial charge on any atom is 0.275 e. The van der Waals surface area contributed by atoms with E-state index in [1.54, 1.807) is 47.0 Å². The van der Waals surface area contributed by atoms with Crippen molar-refractivity contribution in [3.05, 3.63) is 83.8 Å². The minimum Gasteiger partial charge on any atom is -0.492 e. The van der Waals surface area contributed by atoms with Crippen LogP contribution in [0.3, 0.4) is 0 Å². The number of aromatic nitrogens is 2. The Morgan fingerprint density at radius 1 is 0.882 bits per heavy atom. The van der Waals surface area contributed by atoms with Crippen LogP contribution >= 0.6 is 0 Å². The second-order valence-corrected chi connectivity index (χ2v) is 7.58. The molecule has 0 aliphatic rings. The van der Waals surface area contributed by atoms with Crippen LogP contribution in [0, 0.1) is 6.92 Å². The Balaban J connectivity index is 1.64. The number of nitrogens with one attached hydrogen (secondary N) is 2. The summed E-state index contributed by atoms with van der Waals surface area (Å²) >= 11 is 0. The second kappa shape index (κ2) is 10.1. The molecule has 34 heavy (non-hydrogen) atoms. The van der Waals surface area contributed by atoms with Crippen molar-refractivity contribution in [2.45, 2.75) is 20.8 Å². The molecule has 4 aromatic rings. The molecule has 8 nitrogen and oxygen atoms in total. The molecule has 2 amide bonds. The molecule has 0 unspecified atom stereocenters. The predicted octanol–water partition coefficient (Wildman–Crippen LogP) is 4.94. The first-order chi connectivity index (χ1) is 16.5. The van der Waals surface area contributed by atoms with E-state index < -0.39 is 0 Å². The van der Waals surface area contributed by atoms with Crippen LogP contribution in [0.15, 0.2) is 67.0 Å². The molecule has 0 saturated heterocycles. The van der Waals surface area contributed by atoms with Gasteiger partial charge in [0.15, 0.2) is 0 Å². The highest BCUT2D eigenvalue weighted by Crippen LogP contribution is 2.37. The molecule has 0 bridgehead atoms. The zero-order valence-electron chi connectivity index (χ0n) is 19.3. The van der Waals surface area contributed by atoms with Crippen molar-refractivity contribution in [2.24, 2.45) is 0 Å². The first kappa shape index (κ1) is 22.8. The first-order valence-corrected chi connectivity index (χ1v) is 11.0. The number of hydrogen-bond acceptors (Lipinski definition) is 5. The van der Waals surface area contributed by atoms with Crippen molar-refractivity contribution in [2.75, 3.05) is 23.8 Å². The van der Waals surface area contributed by atoms with E-state index in [0.29, 0.717) is 47.3 Å². The zero-order valence-corrected chi connectivity index (χ0v) is 19.3. The molecule has 0 saturated carbocycles. The number of fused-ring (bicyclic) bond motifs is 1. The van der Waals surface area contributed by atoms with Gasteiger partial charge >= 0.3 is 0 Å². The van der Waals surface area contributed by atoms with Crippen LogP contribution in [-0.4, -0.2) is 34.4 Å². The van der Waals surface area contributed by atoms with Crippen molar-refractivity contribution in [1.29, 1.82) is 0 Å². The molecule has 0 atom stereocenters. The average Bonchev–Trinajstić information content (AvgIpc) is 3.26. The minimum atomic E-state index is -0.383. The summed E-state index contributed by atoms with van der Waals surface area (Å²) in [6.07, 6.45) is 3.53. The van der Waals surface area contributed by atoms with Gasteiger partial charge in [-0.25, -0.2) is 4.98 Å². The molecule has 0 fully saturated rings. The number of hydrogen-bond donors (Lipinski definition) is 2. The maximum absolute atomic E-state index is 13.0. The fraction of sp³-hybridized carbons (Fsp3) is 0.192. The molecule has 0 radical (unpaired) electrons. The predicted molar refractivity (Wildman–Crippen MR) is 131 cm³/mol. The summed E-state index contributed by atoms with van der Waals surface area (Å²) in [6, 6.07) is 16.0. The number of carbonyl (C=O) groups excluding carboxylic acids is 2. The Morgan fingerprint density at radius 2 is 1.50 bits per heavy atom. The molecule has 2 aromatic heterocycles. The largest absolute Gasteiger partial charge is 0.492 e. The lowest BCUT2D eigenvalue weighted by Gasteiger charge is -2.17. The second-order valence-electron chi connectivity index (χ2n) is 7.58. The molecule has 2 N–H and O–H groups in total. The first-order valence-electron chi connectivity index (χ1n) is 11.0. The topological polar surface area (TPSA) is 94.0 Å². The highest BCUT2D eigenvalue weighted by atomic mass is 16.5. The number of anilines is 2. The van der Waals surface area contributed by atoms with Crippen molar-refractivity contribution < 1.29 is 19.1 Å². The van der Waals surface area contributed by atoms with Crippen LogP contribution in [0.1, 0.15) is 40.3 Å². The van der Waals surface area contributed by atoms with Crippen molar-refractivity contribution >= 4 is 28.8 Å². The SMILES string of the molecule is CCOc1cc(NC(=O)c2cn3ccc(C)cc3n2)c(OCC)cc1NC(=O)c1ccccc1. The van der Waals surface area contributed by atoms with Crippen LogP contribution < -0.4 is 20.1 Å². The van der Waals surface area contributed by atoms with Gasteiger partial charge in [-0.3, -0.25) is 9.59 Å². The van der Waals surface area contributed by atoms with Crippen LogP contribution in [0.5, 0.6) is 11.5 Å². The van der Waals surface area contributed by atoms with E-state index in [4.69, 9.17) is 9.47 Å². The summed E-state index contributed by atoms with van der Waals surface area (Å²) in [5.41, 5.74) is 3.39. The normalized spacial score (nSPS) is 10.7. The summed E-state index contributed by atoms with van der Waals surface area (Å²) < 4.78 is 13.3. The van der Waals surface area contributed by atoms with Gasteiger partial charge in [-0.05, 0) is 50.6 Å². The summed E-state index contributed by atoms with van der Waals surface area (Å²) in [4.78, 5) is 30.1. The lowest BCUT2D eigenvalue weighted by Crippen LogP contribution is -2.16. The molecule has 4 rings (SSSR count). The van der Waals surface area contributed by atoms with Crippen LogP contribution in [0.2, 0.25) is 0 Å². The molecule has 174 valence electrons. The van der Waals surface area contributed by atoms with E-state index in [1.165, 1.54) is 0 Å². The van der Waals surface area contributed by atoms with Gasteiger partial charge in [0.05, 0.1) is 24.6 Å². The Bertz CT molecular complexity index is 1330. The molecule has 2 heterocycles. The highest BCUT2D eigenvalue weighted by molar-refractivity contribution is 6.07. The molecule has 0 aliphatic heterocycles. The summed E-state index contributed by atoms with van der Waals surface area (Å²) in [6.45, 7) is 6.40. The van der Waals surface area contributed by atoms with Crippen LogP contribution in [0.4, 0.5) is 11.4 Å². The van der Waals surface area contributed by atoms with E-state index in [1.807, 2.05) is 45.2 Å². The Kier molecular flexibility index (Phi) is 6.77. The van der Waals surface area contributed by atoms with Crippen LogP contribution in [-0.2, 0) is 0 Å². The number of benzene rings is 2. The number of pyridine rings is 1. The van der Waals surface area contributed by atoms with Crippen molar-refractivity contribution in [3.8, 4) is 11.5 Å². The van der Waals surface area contributed by atoms with Crippen molar-refractivity contribution in [3.63, 3.8) is 0 Å². The Labute approximate surface area is 197 Å². The van der Waals surface area contributed by atoms with E-state index >= 15 is 0 Å². The van der Waals surface area contributed by atoms with E-state index in [9.17, 15) is 9.59 Å². The van der Waals surface area contributed by atoms with Gasteiger partial charge in [-0.1, -0.05) is 18.2 Å². The smallest absolute Gasteiger partial charge is 0.275 e. The molecule has 0 aliphatic carbocycles. The molecule has 0 spiro atoms. The average molecular weight is 459 g/mol. The monoisotopic (exact) mass is 458 g/mol. The molecule has 8 heteroatoms. The number of aryl methyl sites for hydroxylation is 1. The van der Waals surface area contributed by atoms with Gasteiger partial charge in [0.1, 0.15) is 22.8 Å². The number of amides is 2. The van der Waals surface area contributed by atoms with E-state index in [0.717, 1.165) is 5.56 Å². The number of nitrogens with zero attached hydrogens (tertiary/aromatic N) is 2. The lowest BCUT2D eigenvalue weighted by atomic mass is 10.2. The fourth-order valence-electron chi connectivity index (χ4n) is 3.47. The summed E-state index contributed by atoms with van der Waals surface area (Å²) in [5.74, 6) is 0.157. The summed E-state index contributed by atoms with van der Waals surface area (Å²) in [7, 11) is 0. The van der Waals surface area contributed by atoms with Crippen LogP contribution in [0.25, 0.3) is 5.65 Å². The third-order valence-corrected chi connectivity index (χ3v) is 5.06. The van der Waals surface area contributed by atoms with Gasteiger partial charge in [-0.2, -0.15) is 0 Å². The van der Waals surface area contributed by atoms with Crippen molar-refractivity contribution in [1.82, 2.24) is 9.38 Å². The Morgan fingerprint density at radius 3 is 2.12 bits per heavy atom. The third kappa shape index (κ3) is 5.01. The van der Waals surface area contributed by atoms with Gasteiger partial charge < -0.3 is 24.5 Å². The number of rotatable bonds is 8. The molecular formula is C26H26N4O4. The summed E-state index contributed by atoms with van der Waals surface area (Å²) in [5, 5.41) is 5.74. The van der Waals surface area contributed by atoms with E-state index in [-0.39, 0.29) is 17.5 Å². The Hall–Kier alpha value is -4.33. The standard InChI is InChI=1S/C26H26N4O4/c1-4-33-22-15-20(29-26(32)21-16-30-12-11-17(3)13-24(30)27-21)23(34-5-2)14-19(22)28-25(31)18-9-7-6-8-10-18/h6-16H,4-5H2,1-3H3,(H,28,31)(H,29,32). The van der Waals surface area contributed by atoms with Gasteiger partial charge in [0.2, 0.25) is 0 Å². The zero-order chi connectivity index (χ0) is 24.1. The van der Waals surface area contributed by atoms with E-state index in [2.05, 4.69) is 15.6 Å². The fourth-order valence-corrected chi connectivity index (χ4v) is 3.47. The van der Waals surface area contributed by atoms with Gasteiger partial charge in [0, 0.05) is 30.1 Å². The third-order valence-electron chi connectivity index (χ3n) is 5.06.